The van der Waals surface area contributed by atoms with Gasteiger partial charge in [0.1, 0.15) is 5.75 Å². The number of hydrogen-bond donors (Lipinski definition) is 1. The average Bonchev–Trinajstić information content (AvgIpc) is 3.20. The first-order chi connectivity index (χ1) is 13.0. The highest BCUT2D eigenvalue weighted by atomic mass is 32.2. The molecule has 0 saturated carbocycles. The first-order valence-corrected chi connectivity index (χ1v) is 10.5. The smallest absolute Gasteiger partial charge is 0.317 e. The fourth-order valence-corrected chi connectivity index (χ4v) is 4.90. The summed E-state index contributed by atoms with van der Waals surface area (Å²) < 4.78 is 30.5. The number of nitrogens with one attached hydrogen (secondary N) is 1. The monoisotopic (exact) mass is 388 g/mol. The zero-order valence-corrected chi connectivity index (χ0v) is 16.1. The predicted octanol–water partition coefficient (Wildman–Crippen LogP) is 2.50. The Morgan fingerprint density at radius 1 is 1.15 bits per heavy atom. The Morgan fingerprint density at radius 3 is 2.52 bits per heavy atom. The second-order valence-corrected chi connectivity index (χ2v) is 8.77. The van der Waals surface area contributed by atoms with Crippen LogP contribution in [0.25, 0.3) is 0 Å². The highest BCUT2D eigenvalue weighted by Crippen LogP contribution is 2.23. The molecule has 27 heavy (non-hydrogen) atoms. The van der Waals surface area contributed by atoms with Crippen molar-refractivity contribution >= 4 is 15.9 Å². The van der Waals surface area contributed by atoms with Crippen molar-refractivity contribution in [2.24, 2.45) is 0 Å². The fraction of sp³-hybridized carbons (Fsp3) is 0.350. The number of methoxy groups -OCH3 is 1. The van der Waals surface area contributed by atoms with Crippen LogP contribution in [0.4, 0.5) is 4.79 Å². The van der Waals surface area contributed by atoms with Gasteiger partial charge >= 0.3 is 6.03 Å². The summed E-state index contributed by atoms with van der Waals surface area (Å²) in [6, 6.07) is 15.9. The molecule has 3 rings (SSSR count). The molecule has 0 radical (unpaired) electrons. The van der Waals surface area contributed by atoms with Crippen molar-refractivity contribution in [1.29, 1.82) is 0 Å². The minimum absolute atomic E-state index is 0.214. The highest BCUT2D eigenvalue weighted by molar-refractivity contribution is 7.92. The molecule has 1 fully saturated rings. The third-order valence-electron chi connectivity index (χ3n) is 4.79. The molecule has 2 aromatic carbocycles. The van der Waals surface area contributed by atoms with E-state index < -0.39 is 15.1 Å². The Bertz CT molecular complexity index is 867. The standard InChI is InChI=1S/C20H24N2O4S/c1-26-17-9-7-16(8-10-17)11-13-21-20(23)22-14-12-19(15-22)27(24,25)18-5-3-2-4-6-18/h2-10,19H,11-15H2,1H3,(H,21,23). The van der Waals surface area contributed by atoms with Crippen LogP contribution < -0.4 is 10.1 Å². The predicted molar refractivity (Wildman–Crippen MR) is 104 cm³/mol. The van der Waals surface area contributed by atoms with Crippen LogP contribution in [0.5, 0.6) is 5.75 Å². The van der Waals surface area contributed by atoms with E-state index in [1.165, 1.54) is 0 Å². The molecule has 0 bridgehead atoms. The molecule has 0 aliphatic carbocycles. The number of likely N-dealkylation sites (tertiary alicyclic amines) is 1. The lowest BCUT2D eigenvalue weighted by Crippen LogP contribution is -2.40. The summed E-state index contributed by atoms with van der Waals surface area (Å²) in [5.74, 6) is 0.797. The van der Waals surface area contributed by atoms with Gasteiger partial charge in [-0.25, -0.2) is 13.2 Å². The average molecular weight is 388 g/mol. The minimum Gasteiger partial charge on any atom is -0.497 e. The summed E-state index contributed by atoms with van der Waals surface area (Å²) in [5.41, 5.74) is 1.10. The molecule has 2 amide bonds. The lowest BCUT2D eigenvalue weighted by atomic mass is 10.1. The van der Waals surface area contributed by atoms with Gasteiger partial charge in [0.2, 0.25) is 0 Å². The summed E-state index contributed by atoms with van der Waals surface area (Å²) in [4.78, 5) is 14.2. The van der Waals surface area contributed by atoms with Crippen LogP contribution in [0.3, 0.4) is 0 Å². The number of carbonyl (C=O) groups excluding carboxylic acids is 1. The fourth-order valence-electron chi connectivity index (χ4n) is 3.19. The van der Waals surface area contributed by atoms with Gasteiger partial charge in [-0.15, -0.1) is 0 Å². The van der Waals surface area contributed by atoms with E-state index >= 15 is 0 Å². The molecule has 0 aromatic heterocycles. The molecular weight excluding hydrogens is 364 g/mol. The zero-order valence-electron chi connectivity index (χ0n) is 15.3. The van der Waals surface area contributed by atoms with Crippen LogP contribution in [0.2, 0.25) is 0 Å². The number of sulfone groups is 1. The molecule has 1 unspecified atom stereocenters. The molecular formula is C20H24N2O4S. The van der Waals surface area contributed by atoms with Gasteiger partial charge in [-0.3, -0.25) is 0 Å². The van der Waals surface area contributed by atoms with Crippen LogP contribution in [0, 0.1) is 0 Å². The second-order valence-electron chi connectivity index (χ2n) is 6.54. The number of rotatable bonds is 6. The first kappa shape index (κ1) is 19.2. The maximum atomic E-state index is 12.7. The third kappa shape index (κ3) is 4.60. The molecule has 6 nitrogen and oxygen atoms in total. The molecule has 1 heterocycles. The van der Waals surface area contributed by atoms with E-state index in [1.54, 1.807) is 42.3 Å². The van der Waals surface area contributed by atoms with E-state index in [0.717, 1.165) is 11.3 Å². The molecule has 1 aliphatic heterocycles. The van der Waals surface area contributed by atoms with E-state index in [9.17, 15) is 13.2 Å². The summed E-state index contributed by atoms with van der Waals surface area (Å²) in [7, 11) is -1.79. The van der Waals surface area contributed by atoms with Gasteiger partial charge in [0.05, 0.1) is 17.3 Å². The van der Waals surface area contributed by atoms with Crippen LogP contribution in [0.15, 0.2) is 59.5 Å². The van der Waals surface area contributed by atoms with Gasteiger partial charge in [0.15, 0.2) is 9.84 Å². The highest BCUT2D eigenvalue weighted by Gasteiger charge is 2.35. The van der Waals surface area contributed by atoms with E-state index in [2.05, 4.69) is 5.32 Å². The molecule has 1 atom stereocenters. The maximum absolute atomic E-state index is 12.7. The largest absolute Gasteiger partial charge is 0.497 e. The number of benzene rings is 2. The molecule has 2 aromatic rings. The molecule has 144 valence electrons. The van der Waals surface area contributed by atoms with Crippen LogP contribution in [-0.2, 0) is 16.3 Å². The van der Waals surface area contributed by atoms with Gasteiger partial charge in [0, 0.05) is 19.6 Å². The second kappa shape index (κ2) is 8.43. The summed E-state index contributed by atoms with van der Waals surface area (Å²) >= 11 is 0. The topological polar surface area (TPSA) is 75.7 Å². The normalized spacial score (nSPS) is 16.9. The van der Waals surface area contributed by atoms with Crippen molar-refractivity contribution in [3.8, 4) is 5.75 Å². The van der Waals surface area contributed by atoms with Crippen LogP contribution in [0.1, 0.15) is 12.0 Å². The Hall–Kier alpha value is -2.54. The lowest BCUT2D eigenvalue weighted by molar-refractivity contribution is 0.209. The number of hydrogen-bond acceptors (Lipinski definition) is 4. The van der Waals surface area contributed by atoms with Gasteiger partial charge in [-0.1, -0.05) is 30.3 Å². The first-order valence-electron chi connectivity index (χ1n) is 8.95. The molecule has 1 saturated heterocycles. The Balaban J connectivity index is 1.50. The summed E-state index contributed by atoms with van der Waals surface area (Å²) in [5, 5.41) is 2.33. The van der Waals surface area contributed by atoms with E-state index in [-0.39, 0.29) is 12.6 Å². The minimum atomic E-state index is -3.41. The van der Waals surface area contributed by atoms with Crippen molar-refractivity contribution in [3.63, 3.8) is 0 Å². The number of amides is 2. The Morgan fingerprint density at radius 2 is 1.85 bits per heavy atom. The van der Waals surface area contributed by atoms with Crippen molar-refractivity contribution in [1.82, 2.24) is 10.2 Å². The number of ether oxygens (including phenoxy) is 1. The Labute approximate surface area is 160 Å². The van der Waals surface area contributed by atoms with Crippen molar-refractivity contribution in [2.75, 3.05) is 26.7 Å². The lowest BCUT2D eigenvalue weighted by Gasteiger charge is -2.17. The number of nitrogens with zero attached hydrogens (tertiary/aromatic N) is 1. The van der Waals surface area contributed by atoms with Gasteiger partial charge in [0.25, 0.3) is 0 Å². The van der Waals surface area contributed by atoms with Crippen molar-refractivity contribution < 1.29 is 17.9 Å². The van der Waals surface area contributed by atoms with E-state index in [4.69, 9.17) is 4.74 Å². The zero-order chi connectivity index (χ0) is 19.3. The quantitative estimate of drug-likeness (QED) is 0.825. The van der Waals surface area contributed by atoms with Gasteiger partial charge in [-0.2, -0.15) is 0 Å². The third-order valence-corrected chi connectivity index (χ3v) is 6.98. The van der Waals surface area contributed by atoms with Crippen LogP contribution in [-0.4, -0.2) is 51.3 Å². The van der Waals surface area contributed by atoms with Crippen LogP contribution >= 0.6 is 0 Å². The maximum Gasteiger partial charge on any atom is 0.317 e. The Kier molecular flexibility index (Phi) is 6.01. The molecule has 1 N–H and O–H groups in total. The summed E-state index contributed by atoms with van der Waals surface area (Å²) in [6.45, 7) is 1.18. The molecule has 0 spiro atoms. The van der Waals surface area contributed by atoms with E-state index in [0.29, 0.717) is 30.8 Å². The van der Waals surface area contributed by atoms with Crippen molar-refractivity contribution in [2.45, 2.75) is 23.0 Å². The summed E-state index contributed by atoms with van der Waals surface area (Å²) in [6.07, 6.45) is 1.17. The van der Waals surface area contributed by atoms with Crippen molar-refractivity contribution in [3.05, 3.63) is 60.2 Å². The van der Waals surface area contributed by atoms with Gasteiger partial charge in [-0.05, 0) is 42.7 Å². The molecule has 7 heteroatoms. The number of carbonyl (C=O) groups is 1. The van der Waals surface area contributed by atoms with Gasteiger partial charge < -0.3 is 15.0 Å². The number of urea groups is 1. The van der Waals surface area contributed by atoms with E-state index in [1.807, 2.05) is 24.3 Å². The SMILES string of the molecule is COc1ccc(CCNC(=O)N2CCC(S(=O)(=O)c3ccccc3)C2)cc1. The molecule has 1 aliphatic rings.